The highest BCUT2D eigenvalue weighted by Crippen LogP contribution is 2.30. The number of benzene rings is 1. The highest BCUT2D eigenvalue weighted by Gasteiger charge is 2.12. The highest BCUT2D eigenvalue weighted by molar-refractivity contribution is 5.43. The average Bonchev–Trinajstić information content (AvgIpc) is 2.35. The van der Waals surface area contributed by atoms with Gasteiger partial charge in [-0.1, -0.05) is 6.07 Å². The first-order chi connectivity index (χ1) is 7.76. The molecule has 0 fully saturated rings. The number of hydrogen-bond acceptors (Lipinski definition) is 5. The van der Waals surface area contributed by atoms with Crippen molar-refractivity contribution in [3.63, 3.8) is 0 Å². The molecule has 0 heterocycles. The van der Waals surface area contributed by atoms with Gasteiger partial charge in [0.2, 0.25) is 0 Å². The van der Waals surface area contributed by atoms with Crippen molar-refractivity contribution in [3.05, 3.63) is 23.8 Å². The van der Waals surface area contributed by atoms with Crippen molar-refractivity contribution < 1.29 is 14.2 Å². The van der Waals surface area contributed by atoms with Gasteiger partial charge in [0, 0.05) is 13.7 Å². The predicted octanol–water partition coefficient (Wildman–Crippen LogP) is 0.855. The molecule has 0 aliphatic rings. The first-order valence-corrected chi connectivity index (χ1v) is 4.95. The van der Waals surface area contributed by atoms with Crippen LogP contribution in [0.15, 0.2) is 18.2 Å². The van der Waals surface area contributed by atoms with E-state index in [4.69, 9.17) is 20.1 Å². The number of methoxy groups -OCH3 is 3. The molecule has 0 bridgehead atoms. The lowest BCUT2D eigenvalue weighted by molar-refractivity contribution is 0.102. The van der Waals surface area contributed by atoms with E-state index in [-0.39, 0.29) is 6.10 Å². The maximum absolute atomic E-state index is 5.31. The molecule has 0 amide bonds. The van der Waals surface area contributed by atoms with Crippen LogP contribution in [0.2, 0.25) is 0 Å². The van der Waals surface area contributed by atoms with Crippen LogP contribution in [-0.4, -0.2) is 27.9 Å². The Kier molecular flexibility index (Phi) is 5.04. The maximum Gasteiger partial charge on any atom is 0.161 e. The summed E-state index contributed by atoms with van der Waals surface area (Å²) >= 11 is 0. The maximum atomic E-state index is 5.31. The molecule has 1 unspecified atom stereocenters. The zero-order chi connectivity index (χ0) is 12.0. The molecule has 5 nitrogen and oxygen atoms in total. The van der Waals surface area contributed by atoms with E-state index in [0.717, 1.165) is 5.56 Å². The minimum Gasteiger partial charge on any atom is -0.493 e. The molecule has 3 N–H and O–H groups in total. The molecule has 5 heteroatoms. The smallest absolute Gasteiger partial charge is 0.161 e. The van der Waals surface area contributed by atoms with E-state index in [0.29, 0.717) is 18.0 Å². The predicted molar refractivity (Wildman–Crippen MR) is 61.5 cm³/mol. The SMILES string of the molecule is COc1ccc(C(CNN)OC)cc1OC. The van der Waals surface area contributed by atoms with Crippen molar-refractivity contribution in [1.82, 2.24) is 5.43 Å². The van der Waals surface area contributed by atoms with E-state index in [9.17, 15) is 0 Å². The van der Waals surface area contributed by atoms with E-state index in [1.165, 1.54) is 0 Å². The molecule has 0 aliphatic carbocycles. The van der Waals surface area contributed by atoms with Crippen LogP contribution in [0.3, 0.4) is 0 Å². The van der Waals surface area contributed by atoms with Gasteiger partial charge in [-0.3, -0.25) is 11.3 Å². The summed E-state index contributed by atoms with van der Waals surface area (Å²) in [5.41, 5.74) is 3.57. The standard InChI is InChI=1S/C11H18N2O3/c1-14-9-5-4-8(6-10(9)15-2)11(16-3)7-13-12/h4-6,11,13H,7,12H2,1-3H3. The lowest BCUT2D eigenvalue weighted by Gasteiger charge is -2.17. The molecule has 90 valence electrons. The van der Waals surface area contributed by atoms with E-state index in [2.05, 4.69) is 5.43 Å². The van der Waals surface area contributed by atoms with Crippen LogP contribution in [0.4, 0.5) is 0 Å². The molecule has 1 rings (SSSR count). The third-order valence-electron chi connectivity index (χ3n) is 2.37. The highest BCUT2D eigenvalue weighted by atomic mass is 16.5. The summed E-state index contributed by atoms with van der Waals surface area (Å²) in [5, 5.41) is 0. The van der Waals surface area contributed by atoms with Crippen LogP contribution < -0.4 is 20.7 Å². The summed E-state index contributed by atoms with van der Waals surface area (Å²) in [4.78, 5) is 0. The zero-order valence-electron chi connectivity index (χ0n) is 9.82. The van der Waals surface area contributed by atoms with Gasteiger partial charge in [-0.2, -0.15) is 0 Å². The van der Waals surface area contributed by atoms with Crippen molar-refractivity contribution in [2.45, 2.75) is 6.10 Å². The summed E-state index contributed by atoms with van der Waals surface area (Å²) in [5.74, 6) is 6.66. The van der Waals surface area contributed by atoms with Crippen LogP contribution >= 0.6 is 0 Å². The van der Waals surface area contributed by atoms with Crippen molar-refractivity contribution in [2.24, 2.45) is 5.84 Å². The molecular formula is C11H18N2O3. The second-order valence-electron chi connectivity index (χ2n) is 3.25. The molecule has 0 saturated carbocycles. The van der Waals surface area contributed by atoms with Crippen LogP contribution in [-0.2, 0) is 4.74 Å². The molecule has 0 spiro atoms. The number of hydrazine groups is 1. The molecule has 0 aromatic heterocycles. The second kappa shape index (κ2) is 6.32. The molecule has 1 atom stereocenters. The largest absolute Gasteiger partial charge is 0.493 e. The summed E-state index contributed by atoms with van der Waals surface area (Å²) in [6, 6.07) is 5.65. The van der Waals surface area contributed by atoms with Gasteiger partial charge in [-0.05, 0) is 17.7 Å². The Labute approximate surface area is 95.5 Å². The summed E-state index contributed by atoms with van der Waals surface area (Å²) in [7, 11) is 4.84. The first-order valence-electron chi connectivity index (χ1n) is 4.95. The lowest BCUT2D eigenvalue weighted by Crippen LogP contribution is -2.28. The second-order valence-corrected chi connectivity index (χ2v) is 3.25. The van der Waals surface area contributed by atoms with Crippen molar-refractivity contribution in [1.29, 1.82) is 0 Å². The minimum atomic E-state index is -0.107. The molecule has 0 saturated heterocycles. The number of nitrogens with two attached hydrogens (primary N) is 1. The Morgan fingerprint density at radius 2 is 1.88 bits per heavy atom. The van der Waals surface area contributed by atoms with Gasteiger partial charge < -0.3 is 14.2 Å². The minimum absolute atomic E-state index is 0.107. The monoisotopic (exact) mass is 226 g/mol. The fourth-order valence-corrected chi connectivity index (χ4v) is 1.50. The molecule has 0 radical (unpaired) electrons. The fraction of sp³-hybridized carbons (Fsp3) is 0.455. The van der Waals surface area contributed by atoms with Crippen LogP contribution in [0.1, 0.15) is 11.7 Å². The van der Waals surface area contributed by atoms with Gasteiger partial charge in [0.1, 0.15) is 0 Å². The van der Waals surface area contributed by atoms with Crippen molar-refractivity contribution >= 4 is 0 Å². The van der Waals surface area contributed by atoms with Crippen LogP contribution in [0.5, 0.6) is 11.5 Å². The number of rotatable bonds is 6. The lowest BCUT2D eigenvalue weighted by atomic mass is 10.1. The van der Waals surface area contributed by atoms with Gasteiger partial charge >= 0.3 is 0 Å². The number of hydrogen-bond donors (Lipinski definition) is 2. The Hall–Kier alpha value is -1.30. The van der Waals surface area contributed by atoms with Crippen molar-refractivity contribution in [2.75, 3.05) is 27.9 Å². The third-order valence-corrected chi connectivity index (χ3v) is 2.37. The topological polar surface area (TPSA) is 65.7 Å². The van der Waals surface area contributed by atoms with Crippen LogP contribution in [0, 0.1) is 0 Å². The Bertz CT molecular complexity index is 331. The fourth-order valence-electron chi connectivity index (χ4n) is 1.50. The van der Waals surface area contributed by atoms with Crippen molar-refractivity contribution in [3.8, 4) is 11.5 Å². The number of ether oxygens (including phenoxy) is 3. The molecule has 1 aromatic rings. The Morgan fingerprint density at radius 3 is 2.38 bits per heavy atom. The molecular weight excluding hydrogens is 208 g/mol. The molecule has 0 aliphatic heterocycles. The normalized spacial score (nSPS) is 12.2. The average molecular weight is 226 g/mol. The van der Waals surface area contributed by atoms with E-state index in [1.54, 1.807) is 21.3 Å². The van der Waals surface area contributed by atoms with E-state index >= 15 is 0 Å². The Morgan fingerprint density at radius 1 is 1.19 bits per heavy atom. The summed E-state index contributed by atoms with van der Waals surface area (Å²) in [6.07, 6.45) is -0.107. The van der Waals surface area contributed by atoms with Crippen LogP contribution in [0.25, 0.3) is 0 Å². The third kappa shape index (κ3) is 2.85. The molecule has 16 heavy (non-hydrogen) atoms. The zero-order valence-corrected chi connectivity index (χ0v) is 9.82. The Balaban J connectivity index is 2.96. The van der Waals surface area contributed by atoms with Gasteiger partial charge in [-0.15, -0.1) is 0 Å². The van der Waals surface area contributed by atoms with Gasteiger partial charge in [0.25, 0.3) is 0 Å². The summed E-state index contributed by atoms with van der Waals surface area (Å²) < 4.78 is 15.7. The summed E-state index contributed by atoms with van der Waals surface area (Å²) in [6.45, 7) is 0.534. The van der Waals surface area contributed by atoms with E-state index < -0.39 is 0 Å². The molecule has 1 aromatic carbocycles. The first kappa shape index (κ1) is 12.8. The quantitative estimate of drug-likeness (QED) is 0.556. The van der Waals surface area contributed by atoms with Gasteiger partial charge in [-0.25, -0.2) is 0 Å². The van der Waals surface area contributed by atoms with E-state index in [1.807, 2.05) is 18.2 Å². The van der Waals surface area contributed by atoms with Gasteiger partial charge in [0.05, 0.1) is 20.3 Å². The van der Waals surface area contributed by atoms with Gasteiger partial charge in [0.15, 0.2) is 11.5 Å². The number of nitrogens with one attached hydrogen (secondary N) is 1.